The molecule has 294 valence electrons. The minimum Gasteiger partial charge on any atom is -0.480 e. The number of furan rings is 1. The van der Waals surface area contributed by atoms with Crippen LogP contribution in [-0.2, 0) is 60.6 Å². The number of carboxylic acids is 1. The first-order valence-electron chi connectivity index (χ1n) is 17.8. The molecule has 0 saturated heterocycles. The van der Waals surface area contributed by atoms with Crippen LogP contribution in [0.3, 0.4) is 0 Å². The fraction of sp³-hybridized carbons (Fsp3) is 0.300. The van der Waals surface area contributed by atoms with Gasteiger partial charge in [-0.3, -0.25) is 24.0 Å². The maximum atomic E-state index is 14.1. The predicted octanol–water partition coefficient (Wildman–Crippen LogP) is 3.72. The van der Waals surface area contributed by atoms with Gasteiger partial charge in [0.25, 0.3) is 0 Å². The largest absolute Gasteiger partial charge is 0.480 e. The Hall–Kier alpha value is -6.45. The van der Waals surface area contributed by atoms with Crippen molar-refractivity contribution in [2.75, 3.05) is 5.32 Å². The van der Waals surface area contributed by atoms with Crippen molar-refractivity contribution in [1.29, 1.82) is 0 Å². The zero-order chi connectivity index (χ0) is 40.2. The number of alkyl halides is 3. The van der Waals surface area contributed by atoms with Crippen LogP contribution in [0.25, 0.3) is 0 Å². The number of anilines is 1. The highest BCUT2D eigenvalue weighted by Crippen LogP contribution is 2.29. The fourth-order valence-electron chi connectivity index (χ4n) is 6.03. The fourth-order valence-corrected chi connectivity index (χ4v) is 6.03. The van der Waals surface area contributed by atoms with Crippen molar-refractivity contribution in [3.63, 3.8) is 0 Å². The molecule has 2 bridgehead atoms. The number of nitrogens with one attached hydrogen (secondary N) is 5. The second kappa shape index (κ2) is 18.7. The van der Waals surface area contributed by atoms with E-state index in [1.165, 1.54) is 24.5 Å². The summed E-state index contributed by atoms with van der Waals surface area (Å²) in [5.74, 6) is -4.89. The summed E-state index contributed by atoms with van der Waals surface area (Å²) in [5.41, 5.74) is 1.00. The number of carbonyl (C=O) groups excluding carboxylic acids is 5. The molecule has 2 aliphatic heterocycles. The Morgan fingerprint density at radius 3 is 1.93 bits per heavy atom. The topological polar surface area (TPSA) is 196 Å². The van der Waals surface area contributed by atoms with Crippen LogP contribution in [0, 0.1) is 0 Å². The number of aliphatic carboxylic acids is 1. The van der Waals surface area contributed by atoms with Crippen molar-refractivity contribution in [2.45, 2.75) is 75.3 Å². The summed E-state index contributed by atoms with van der Waals surface area (Å²) in [6.45, 7) is 0. The van der Waals surface area contributed by atoms with Crippen LogP contribution >= 0.6 is 0 Å². The van der Waals surface area contributed by atoms with E-state index >= 15 is 0 Å². The molecule has 5 amide bonds. The van der Waals surface area contributed by atoms with Gasteiger partial charge >= 0.3 is 12.1 Å². The minimum atomic E-state index is -4.63. The third kappa shape index (κ3) is 12.0. The molecule has 13 nitrogen and oxygen atoms in total. The van der Waals surface area contributed by atoms with Gasteiger partial charge in [0.1, 0.15) is 29.9 Å². The zero-order valence-electron chi connectivity index (χ0n) is 29.9. The van der Waals surface area contributed by atoms with Gasteiger partial charge in [0.05, 0.1) is 11.8 Å². The maximum absolute atomic E-state index is 14.1. The number of fused-ring (bicyclic) bond motifs is 18. The van der Waals surface area contributed by atoms with Gasteiger partial charge in [-0.2, -0.15) is 13.2 Å². The molecule has 0 aliphatic carbocycles. The number of amides is 5. The summed E-state index contributed by atoms with van der Waals surface area (Å²) in [4.78, 5) is 80.0. The Morgan fingerprint density at radius 1 is 0.679 bits per heavy atom. The van der Waals surface area contributed by atoms with E-state index in [1.807, 2.05) is 18.2 Å². The molecule has 4 aromatic rings. The van der Waals surface area contributed by atoms with Crippen LogP contribution in [0.5, 0.6) is 0 Å². The number of aryl methyl sites for hydroxylation is 1. The van der Waals surface area contributed by atoms with Crippen LogP contribution in [-0.4, -0.2) is 64.8 Å². The Kier molecular flexibility index (Phi) is 13.6. The number of carbonyl (C=O) groups is 6. The van der Waals surface area contributed by atoms with Gasteiger partial charge < -0.3 is 36.1 Å². The molecule has 2 aliphatic rings. The summed E-state index contributed by atoms with van der Waals surface area (Å²) >= 11 is 0. The lowest BCUT2D eigenvalue weighted by Crippen LogP contribution is -2.59. The zero-order valence-corrected chi connectivity index (χ0v) is 29.9. The van der Waals surface area contributed by atoms with Crippen LogP contribution in [0.15, 0.2) is 102 Å². The standard InChI is InChI=1S/C40H40F3N5O8/c41-40(42,43)27-13-8-25(9-14-27)21-31-37(52)47-32(23-29-7-4-20-56-29)38(53)48-33(39(54)55)22-26-10-15-28(16-11-26)44-34(49)18-19-35(50)45-30(36(51)46-31)17-12-24-5-2-1-3-6-24/h1-11,13-16,20,30-33H,12,17-19,21-23H2,(H,44,49)(H,45,50)(H,46,51)(H,47,52)(H,48,53)(H,54,55)/t30-,31+,32+,33+/m1/s1. The summed E-state index contributed by atoms with van der Waals surface area (Å²) in [7, 11) is 0. The lowest BCUT2D eigenvalue weighted by molar-refractivity contribution is -0.142. The second-order valence-corrected chi connectivity index (χ2v) is 13.3. The van der Waals surface area contributed by atoms with E-state index < -0.39 is 71.4 Å². The molecule has 4 atom stereocenters. The number of rotatable bonds is 8. The highest BCUT2D eigenvalue weighted by molar-refractivity contribution is 5.96. The summed E-state index contributed by atoms with van der Waals surface area (Å²) < 4.78 is 45.5. The Labute approximate surface area is 319 Å². The van der Waals surface area contributed by atoms with E-state index in [0.29, 0.717) is 17.7 Å². The van der Waals surface area contributed by atoms with Gasteiger partial charge in [0.15, 0.2) is 0 Å². The normalized spacial score (nSPS) is 20.4. The Morgan fingerprint density at radius 2 is 1.30 bits per heavy atom. The second-order valence-electron chi connectivity index (χ2n) is 13.3. The molecular weight excluding hydrogens is 735 g/mol. The Bertz CT molecular complexity index is 1990. The summed E-state index contributed by atoms with van der Waals surface area (Å²) in [6.07, 6.45) is -4.19. The van der Waals surface area contributed by atoms with E-state index in [4.69, 9.17) is 4.42 Å². The lowest BCUT2D eigenvalue weighted by atomic mass is 10.0. The number of carboxylic acid groups (broad SMARTS) is 1. The first kappa shape index (κ1) is 40.7. The number of hydrogen-bond acceptors (Lipinski definition) is 7. The van der Waals surface area contributed by atoms with Crippen LogP contribution in [0.4, 0.5) is 18.9 Å². The molecule has 6 N–H and O–H groups in total. The molecule has 3 heterocycles. The summed E-state index contributed by atoms with van der Waals surface area (Å²) in [6, 6.07) is 16.7. The van der Waals surface area contributed by atoms with E-state index in [2.05, 4.69) is 26.6 Å². The van der Waals surface area contributed by atoms with Gasteiger partial charge in [0, 0.05) is 37.8 Å². The third-order valence-electron chi connectivity index (χ3n) is 9.06. The third-order valence-corrected chi connectivity index (χ3v) is 9.06. The smallest absolute Gasteiger partial charge is 0.416 e. The predicted molar refractivity (Wildman–Crippen MR) is 196 cm³/mol. The van der Waals surface area contributed by atoms with Crippen LogP contribution in [0.1, 0.15) is 47.3 Å². The molecule has 1 aromatic heterocycles. The maximum Gasteiger partial charge on any atom is 0.416 e. The molecule has 0 unspecified atom stereocenters. The quantitative estimate of drug-likeness (QED) is 0.146. The van der Waals surface area contributed by atoms with Crippen LogP contribution in [0.2, 0.25) is 0 Å². The number of hydrogen-bond donors (Lipinski definition) is 6. The lowest BCUT2D eigenvalue weighted by Gasteiger charge is -2.26. The number of halogens is 3. The molecule has 56 heavy (non-hydrogen) atoms. The van der Waals surface area contributed by atoms with Crippen molar-refractivity contribution in [1.82, 2.24) is 21.3 Å². The van der Waals surface area contributed by atoms with E-state index in [0.717, 1.165) is 29.8 Å². The van der Waals surface area contributed by atoms with Gasteiger partial charge in [0.2, 0.25) is 29.5 Å². The first-order valence-corrected chi connectivity index (χ1v) is 17.8. The minimum absolute atomic E-state index is 0.0643. The van der Waals surface area contributed by atoms with E-state index in [1.54, 1.807) is 30.3 Å². The van der Waals surface area contributed by atoms with Crippen molar-refractivity contribution < 1.29 is 51.5 Å². The molecular formula is C40H40F3N5O8. The van der Waals surface area contributed by atoms with Gasteiger partial charge in [-0.1, -0.05) is 54.6 Å². The first-order chi connectivity index (χ1) is 26.7. The summed E-state index contributed by atoms with van der Waals surface area (Å²) in [5, 5.41) is 23.0. The Balaban J connectivity index is 1.49. The average Bonchev–Trinajstić information content (AvgIpc) is 3.68. The monoisotopic (exact) mass is 775 g/mol. The van der Waals surface area contributed by atoms with Gasteiger partial charge in [-0.05, 0) is 65.9 Å². The highest BCUT2D eigenvalue weighted by atomic mass is 19.4. The van der Waals surface area contributed by atoms with Crippen molar-refractivity contribution >= 4 is 41.2 Å². The van der Waals surface area contributed by atoms with Crippen molar-refractivity contribution in [3.05, 3.63) is 125 Å². The molecule has 0 saturated carbocycles. The van der Waals surface area contributed by atoms with E-state index in [9.17, 15) is 47.0 Å². The molecule has 6 rings (SSSR count). The average molecular weight is 776 g/mol. The van der Waals surface area contributed by atoms with Gasteiger partial charge in [-0.25, -0.2) is 4.79 Å². The molecule has 0 fully saturated rings. The molecule has 3 aromatic carbocycles. The van der Waals surface area contributed by atoms with E-state index in [-0.39, 0.29) is 49.8 Å². The molecule has 0 radical (unpaired) electrons. The number of benzene rings is 3. The van der Waals surface area contributed by atoms with Crippen LogP contribution < -0.4 is 26.6 Å². The van der Waals surface area contributed by atoms with Crippen molar-refractivity contribution in [3.8, 4) is 0 Å². The van der Waals surface area contributed by atoms with Gasteiger partial charge in [-0.15, -0.1) is 0 Å². The molecule has 0 spiro atoms. The SMILES string of the molecule is O=C1CCC(=O)N[C@H](CCc2ccccc2)C(=O)N[C@@H](Cc2ccc(C(F)(F)F)cc2)C(=O)N[C@@H](Cc2ccco2)C(=O)N[C@H](C(=O)O)Cc2ccc(cc2)N1. The highest BCUT2D eigenvalue weighted by Gasteiger charge is 2.33. The van der Waals surface area contributed by atoms with Crippen molar-refractivity contribution in [2.24, 2.45) is 0 Å². The molecule has 16 heteroatoms.